The summed E-state index contributed by atoms with van der Waals surface area (Å²) in [7, 11) is 1.54. The fourth-order valence-electron chi connectivity index (χ4n) is 0.936. The Kier molecular flexibility index (Phi) is 1.03. The fraction of sp³-hybridized carbons (Fsp3) is 0.200. The van der Waals surface area contributed by atoms with Crippen LogP contribution in [0.4, 0.5) is 5.82 Å². The lowest BCUT2D eigenvalue weighted by molar-refractivity contribution is 0.177. The molecule has 0 spiro atoms. The maximum Gasteiger partial charge on any atom is 0.215 e. The van der Waals surface area contributed by atoms with Crippen molar-refractivity contribution in [2.45, 2.75) is 0 Å². The molecule has 0 amide bonds. The Morgan fingerprint density at radius 3 is 3.09 bits per heavy atom. The van der Waals surface area contributed by atoms with E-state index in [-0.39, 0.29) is 0 Å². The Labute approximate surface area is 62.1 Å². The summed E-state index contributed by atoms with van der Waals surface area (Å²) in [6.45, 7) is 0. The second-order valence-corrected chi connectivity index (χ2v) is 2.04. The van der Waals surface area contributed by atoms with Gasteiger partial charge in [-0.2, -0.15) is 9.61 Å². The molecular formula is C5H7N5O. The smallest absolute Gasteiger partial charge is 0.215 e. The number of nitrogen functional groups attached to an aromatic ring is 1. The van der Waals surface area contributed by atoms with Gasteiger partial charge in [-0.1, -0.05) is 0 Å². The van der Waals surface area contributed by atoms with Gasteiger partial charge in [0.05, 0.1) is 0 Å². The van der Waals surface area contributed by atoms with Crippen molar-refractivity contribution in [1.82, 2.24) is 19.3 Å². The lowest BCUT2D eigenvalue weighted by Gasteiger charge is -1.96. The molecular weight excluding hydrogens is 146 g/mol. The largest absolute Gasteiger partial charge is 0.414 e. The molecule has 0 radical (unpaired) electrons. The van der Waals surface area contributed by atoms with E-state index in [0.29, 0.717) is 11.5 Å². The van der Waals surface area contributed by atoms with E-state index >= 15 is 0 Å². The van der Waals surface area contributed by atoms with Gasteiger partial charge in [0.15, 0.2) is 12.1 Å². The highest BCUT2D eigenvalue weighted by Gasteiger charge is 2.06. The molecule has 0 aliphatic carbocycles. The minimum atomic E-state index is 0.407. The Morgan fingerprint density at radius 2 is 2.36 bits per heavy atom. The number of hydrogen-bond donors (Lipinski definition) is 1. The van der Waals surface area contributed by atoms with Gasteiger partial charge >= 0.3 is 0 Å². The van der Waals surface area contributed by atoms with Crippen LogP contribution in [0.5, 0.6) is 0 Å². The normalized spacial score (nSPS) is 10.6. The van der Waals surface area contributed by atoms with E-state index < -0.39 is 0 Å². The van der Waals surface area contributed by atoms with Crippen LogP contribution in [0, 0.1) is 0 Å². The average molecular weight is 153 g/mol. The second-order valence-electron chi connectivity index (χ2n) is 2.04. The minimum Gasteiger partial charge on any atom is -0.414 e. The van der Waals surface area contributed by atoms with Crippen LogP contribution >= 0.6 is 0 Å². The van der Waals surface area contributed by atoms with E-state index in [1.807, 2.05) is 0 Å². The molecule has 0 saturated carbocycles. The first-order valence-corrected chi connectivity index (χ1v) is 3.03. The summed E-state index contributed by atoms with van der Waals surface area (Å²) < 4.78 is 2.99. The van der Waals surface area contributed by atoms with Crippen LogP contribution in [-0.2, 0) is 0 Å². The van der Waals surface area contributed by atoms with Crippen molar-refractivity contribution in [3.05, 3.63) is 12.7 Å². The third-order valence-corrected chi connectivity index (χ3v) is 1.44. The van der Waals surface area contributed by atoms with Gasteiger partial charge in [0.2, 0.25) is 5.65 Å². The predicted octanol–water partition coefficient (Wildman–Crippen LogP) is -0.829. The third-order valence-electron chi connectivity index (χ3n) is 1.44. The topological polar surface area (TPSA) is 70.4 Å². The van der Waals surface area contributed by atoms with E-state index in [2.05, 4.69) is 10.1 Å². The van der Waals surface area contributed by atoms with Gasteiger partial charge in [0.25, 0.3) is 0 Å². The van der Waals surface area contributed by atoms with Gasteiger partial charge < -0.3 is 10.6 Å². The maximum atomic E-state index is 5.52. The summed E-state index contributed by atoms with van der Waals surface area (Å²) in [5.74, 6) is 0.407. The van der Waals surface area contributed by atoms with E-state index in [1.54, 1.807) is 4.52 Å². The van der Waals surface area contributed by atoms with Crippen LogP contribution < -0.4 is 10.6 Å². The standard InChI is InChI=1S/C5H7N5O/c1-11-10-3-8-9-2-7-4(6)5(9)10/h2-3H,6H2,1H3. The molecule has 2 aromatic heterocycles. The van der Waals surface area contributed by atoms with Gasteiger partial charge in [-0.25, -0.2) is 4.98 Å². The van der Waals surface area contributed by atoms with Crippen molar-refractivity contribution < 1.29 is 4.84 Å². The molecule has 2 aromatic rings. The third kappa shape index (κ3) is 0.658. The minimum absolute atomic E-state index is 0.407. The lowest BCUT2D eigenvalue weighted by Crippen LogP contribution is -2.04. The molecule has 0 aromatic carbocycles. The number of rotatable bonds is 1. The fourth-order valence-corrected chi connectivity index (χ4v) is 0.936. The van der Waals surface area contributed by atoms with E-state index in [1.165, 1.54) is 24.5 Å². The monoisotopic (exact) mass is 153 g/mol. The molecule has 0 fully saturated rings. The lowest BCUT2D eigenvalue weighted by atomic mass is 10.7. The molecule has 11 heavy (non-hydrogen) atoms. The highest BCUT2D eigenvalue weighted by molar-refractivity contribution is 5.59. The molecule has 0 saturated heterocycles. The summed E-state index contributed by atoms with van der Waals surface area (Å²) >= 11 is 0. The summed E-state index contributed by atoms with van der Waals surface area (Å²) in [6.07, 6.45) is 3.05. The van der Waals surface area contributed by atoms with Gasteiger partial charge in [-0.3, -0.25) is 0 Å². The summed E-state index contributed by atoms with van der Waals surface area (Å²) in [6, 6.07) is 0. The number of nitrogens with zero attached hydrogens (tertiary/aromatic N) is 4. The first-order chi connectivity index (χ1) is 5.33. The van der Waals surface area contributed by atoms with E-state index in [9.17, 15) is 0 Å². The summed E-state index contributed by atoms with van der Waals surface area (Å²) in [4.78, 5) is 8.76. The predicted molar refractivity (Wildman–Crippen MR) is 37.9 cm³/mol. The number of anilines is 1. The van der Waals surface area contributed by atoms with Crippen LogP contribution in [0.3, 0.4) is 0 Å². The Balaban J connectivity index is 2.80. The summed E-state index contributed by atoms with van der Waals surface area (Å²) in [5, 5.41) is 3.92. The Hall–Kier alpha value is -1.72. The number of aromatic nitrogens is 4. The molecule has 0 aliphatic rings. The molecule has 2 rings (SSSR count). The molecule has 2 heterocycles. The number of nitrogens with two attached hydrogens (primary N) is 1. The molecule has 0 bridgehead atoms. The van der Waals surface area contributed by atoms with Gasteiger partial charge in [-0.15, -0.1) is 4.73 Å². The van der Waals surface area contributed by atoms with E-state index in [4.69, 9.17) is 10.6 Å². The van der Waals surface area contributed by atoms with Gasteiger partial charge in [-0.05, 0) is 0 Å². The van der Waals surface area contributed by atoms with Crippen LogP contribution in [0.2, 0.25) is 0 Å². The van der Waals surface area contributed by atoms with Gasteiger partial charge in [0, 0.05) is 0 Å². The van der Waals surface area contributed by atoms with Crippen molar-refractivity contribution in [2.24, 2.45) is 0 Å². The molecule has 0 atom stereocenters. The highest BCUT2D eigenvalue weighted by Crippen LogP contribution is 2.07. The zero-order chi connectivity index (χ0) is 7.84. The second kappa shape index (κ2) is 1.88. The molecule has 6 heteroatoms. The molecule has 2 N–H and O–H groups in total. The van der Waals surface area contributed by atoms with Crippen molar-refractivity contribution in [2.75, 3.05) is 12.8 Å². The van der Waals surface area contributed by atoms with Gasteiger partial charge in [0.1, 0.15) is 13.4 Å². The Bertz CT molecular complexity index is 375. The first kappa shape index (κ1) is 6.02. The van der Waals surface area contributed by atoms with E-state index in [0.717, 1.165) is 0 Å². The van der Waals surface area contributed by atoms with Crippen molar-refractivity contribution in [3.63, 3.8) is 0 Å². The molecule has 58 valence electrons. The number of fused-ring (bicyclic) bond motifs is 1. The van der Waals surface area contributed by atoms with Crippen molar-refractivity contribution >= 4 is 11.5 Å². The number of hydrogen-bond acceptors (Lipinski definition) is 4. The van der Waals surface area contributed by atoms with Crippen LogP contribution in [-0.4, -0.2) is 26.4 Å². The Morgan fingerprint density at radius 1 is 1.55 bits per heavy atom. The quantitative estimate of drug-likeness (QED) is 0.580. The van der Waals surface area contributed by atoms with Crippen LogP contribution in [0.1, 0.15) is 0 Å². The van der Waals surface area contributed by atoms with Crippen LogP contribution in [0.25, 0.3) is 5.65 Å². The first-order valence-electron chi connectivity index (χ1n) is 3.03. The van der Waals surface area contributed by atoms with Crippen molar-refractivity contribution in [3.8, 4) is 0 Å². The maximum absolute atomic E-state index is 5.52. The SMILES string of the molecule is COn1cnn2cnc(N)c12. The molecule has 0 unspecified atom stereocenters. The zero-order valence-corrected chi connectivity index (χ0v) is 5.93. The molecule has 0 aliphatic heterocycles. The number of imidazole rings is 1. The van der Waals surface area contributed by atoms with Crippen molar-refractivity contribution in [1.29, 1.82) is 0 Å². The van der Waals surface area contributed by atoms with Crippen LogP contribution in [0.15, 0.2) is 12.7 Å². The average Bonchev–Trinajstić information content (AvgIpc) is 2.54. The zero-order valence-electron chi connectivity index (χ0n) is 5.93. The molecule has 6 nitrogen and oxygen atoms in total. The highest BCUT2D eigenvalue weighted by atomic mass is 16.6. The summed E-state index contributed by atoms with van der Waals surface area (Å²) in [5.41, 5.74) is 6.17.